The number of rotatable bonds is 7. The Kier molecular flexibility index (Phi) is 6.43. The summed E-state index contributed by atoms with van der Waals surface area (Å²) < 4.78 is 9.88. The number of carbonyl (C=O) groups is 2. The maximum Gasteiger partial charge on any atom is 0.338 e. The summed E-state index contributed by atoms with van der Waals surface area (Å²) in [6.07, 6.45) is 1.47. The predicted molar refractivity (Wildman–Crippen MR) is 68.9 cm³/mol. The van der Waals surface area contributed by atoms with Crippen LogP contribution in [-0.4, -0.2) is 30.3 Å². The highest BCUT2D eigenvalue weighted by Gasteiger charge is 2.07. The molecule has 1 rings (SSSR count). The molecule has 0 aliphatic carbocycles. The minimum absolute atomic E-state index is 0.0928. The van der Waals surface area contributed by atoms with Crippen molar-refractivity contribution in [3.8, 4) is 5.75 Å². The van der Waals surface area contributed by atoms with Gasteiger partial charge in [0.05, 0.1) is 18.8 Å². The van der Waals surface area contributed by atoms with Crippen LogP contribution in [0, 0.1) is 0 Å². The Morgan fingerprint density at radius 1 is 1.11 bits per heavy atom. The van der Waals surface area contributed by atoms with E-state index in [4.69, 9.17) is 14.6 Å². The summed E-state index contributed by atoms with van der Waals surface area (Å²) in [5.41, 5.74) is 0.367. The van der Waals surface area contributed by atoms with E-state index in [-0.39, 0.29) is 24.7 Å². The quantitative estimate of drug-likeness (QED) is 0.605. The van der Waals surface area contributed by atoms with E-state index < -0.39 is 5.97 Å². The largest absolute Gasteiger partial charge is 0.508 e. The molecular formula is C14H18O5. The smallest absolute Gasteiger partial charge is 0.338 e. The van der Waals surface area contributed by atoms with Crippen LogP contribution in [0.15, 0.2) is 24.3 Å². The van der Waals surface area contributed by atoms with Crippen LogP contribution >= 0.6 is 0 Å². The second-order valence-corrected chi connectivity index (χ2v) is 4.01. The van der Waals surface area contributed by atoms with E-state index in [2.05, 4.69) is 0 Å². The summed E-state index contributed by atoms with van der Waals surface area (Å²) in [6.45, 7) is 2.51. The molecule has 0 bridgehead atoms. The molecule has 0 fully saturated rings. The molecule has 1 N–H and O–H groups in total. The molecule has 19 heavy (non-hydrogen) atoms. The monoisotopic (exact) mass is 266 g/mol. The van der Waals surface area contributed by atoms with Gasteiger partial charge in [0, 0.05) is 6.42 Å². The number of phenols is 1. The van der Waals surface area contributed by atoms with Gasteiger partial charge in [0.1, 0.15) is 5.75 Å². The first-order chi connectivity index (χ1) is 9.13. The van der Waals surface area contributed by atoms with E-state index in [0.29, 0.717) is 18.6 Å². The fourth-order valence-corrected chi connectivity index (χ4v) is 1.35. The van der Waals surface area contributed by atoms with Gasteiger partial charge in [-0.15, -0.1) is 0 Å². The lowest BCUT2D eigenvalue weighted by molar-refractivity contribution is -0.143. The fourth-order valence-electron chi connectivity index (χ4n) is 1.35. The highest BCUT2D eigenvalue weighted by atomic mass is 16.5. The maximum absolute atomic E-state index is 11.6. The third kappa shape index (κ3) is 5.90. The molecule has 5 nitrogen and oxygen atoms in total. The highest BCUT2D eigenvalue weighted by molar-refractivity contribution is 5.89. The van der Waals surface area contributed by atoms with Gasteiger partial charge in [0.15, 0.2) is 0 Å². The van der Waals surface area contributed by atoms with E-state index >= 15 is 0 Å². The molecule has 0 saturated heterocycles. The predicted octanol–water partition coefficient (Wildman–Crippen LogP) is 2.28. The zero-order valence-electron chi connectivity index (χ0n) is 10.9. The van der Waals surface area contributed by atoms with Crippen molar-refractivity contribution in [1.82, 2.24) is 0 Å². The first kappa shape index (κ1) is 15.0. The number of hydrogen-bond donors (Lipinski definition) is 1. The Morgan fingerprint density at radius 3 is 2.42 bits per heavy atom. The maximum atomic E-state index is 11.6. The molecule has 0 saturated carbocycles. The Balaban J connectivity index is 2.20. The third-order valence-corrected chi connectivity index (χ3v) is 2.33. The number of benzene rings is 1. The minimum Gasteiger partial charge on any atom is -0.508 e. The highest BCUT2D eigenvalue weighted by Crippen LogP contribution is 2.10. The molecule has 0 heterocycles. The lowest BCUT2D eigenvalue weighted by atomic mass is 10.2. The molecule has 0 spiro atoms. The first-order valence-electron chi connectivity index (χ1n) is 6.25. The number of esters is 2. The summed E-state index contributed by atoms with van der Waals surface area (Å²) in [4.78, 5) is 22.7. The van der Waals surface area contributed by atoms with Gasteiger partial charge in [-0.3, -0.25) is 4.79 Å². The zero-order chi connectivity index (χ0) is 14.1. The van der Waals surface area contributed by atoms with Crippen LogP contribution in [-0.2, 0) is 14.3 Å². The van der Waals surface area contributed by atoms with Gasteiger partial charge >= 0.3 is 11.9 Å². The van der Waals surface area contributed by atoms with Gasteiger partial charge in [-0.25, -0.2) is 4.79 Å². The number of carbonyl (C=O) groups excluding carboxylic acids is 2. The van der Waals surface area contributed by atoms with E-state index in [1.54, 1.807) is 0 Å². The van der Waals surface area contributed by atoms with Crippen molar-refractivity contribution in [2.45, 2.75) is 26.2 Å². The summed E-state index contributed by atoms with van der Waals surface area (Å²) in [5.74, 6) is -0.653. The second-order valence-electron chi connectivity index (χ2n) is 4.01. The van der Waals surface area contributed by atoms with E-state index in [9.17, 15) is 9.59 Å². The lowest BCUT2D eigenvalue weighted by Gasteiger charge is -2.05. The Labute approximate surface area is 112 Å². The molecule has 0 aliphatic heterocycles. The van der Waals surface area contributed by atoms with E-state index in [1.165, 1.54) is 24.3 Å². The summed E-state index contributed by atoms with van der Waals surface area (Å²) in [5, 5.41) is 9.08. The molecule has 0 unspecified atom stereocenters. The van der Waals surface area contributed by atoms with Crippen molar-refractivity contribution in [1.29, 1.82) is 0 Å². The van der Waals surface area contributed by atoms with Gasteiger partial charge in [0.2, 0.25) is 0 Å². The van der Waals surface area contributed by atoms with Gasteiger partial charge in [-0.1, -0.05) is 6.92 Å². The average Bonchev–Trinajstić information content (AvgIpc) is 2.41. The van der Waals surface area contributed by atoms with Crippen molar-refractivity contribution in [3.05, 3.63) is 29.8 Å². The lowest BCUT2D eigenvalue weighted by Crippen LogP contribution is -2.09. The van der Waals surface area contributed by atoms with Crippen LogP contribution in [0.5, 0.6) is 5.75 Å². The Hall–Kier alpha value is -2.04. The van der Waals surface area contributed by atoms with Crippen LogP contribution in [0.1, 0.15) is 36.5 Å². The van der Waals surface area contributed by atoms with Crippen LogP contribution in [0.3, 0.4) is 0 Å². The zero-order valence-corrected chi connectivity index (χ0v) is 10.9. The summed E-state index contributed by atoms with van der Waals surface area (Å²) in [7, 11) is 0. The van der Waals surface area contributed by atoms with Gasteiger partial charge in [-0.05, 0) is 37.1 Å². The van der Waals surface area contributed by atoms with Crippen LogP contribution in [0.2, 0.25) is 0 Å². The molecular weight excluding hydrogens is 248 g/mol. The molecule has 0 atom stereocenters. The molecule has 0 amide bonds. The third-order valence-electron chi connectivity index (χ3n) is 2.33. The standard InChI is InChI=1S/C14H18O5/c1-2-9-18-13(16)4-3-10-19-14(17)11-5-7-12(15)8-6-11/h5-8,15H,2-4,9-10H2,1H3. The molecule has 1 aromatic rings. The SMILES string of the molecule is CCCOC(=O)CCCOC(=O)c1ccc(O)cc1. The van der Waals surface area contributed by atoms with Crippen molar-refractivity contribution < 1.29 is 24.2 Å². The number of hydrogen-bond acceptors (Lipinski definition) is 5. The normalized spacial score (nSPS) is 9.95. The molecule has 104 valence electrons. The molecule has 0 aromatic heterocycles. The summed E-state index contributed by atoms with van der Waals surface area (Å²) >= 11 is 0. The van der Waals surface area contributed by atoms with Crippen molar-refractivity contribution in [2.24, 2.45) is 0 Å². The number of phenolic OH excluding ortho intramolecular Hbond substituents is 1. The van der Waals surface area contributed by atoms with Gasteiger partial charge in [-0.2, -0.15) is 0 Å². The average molecular weight is 266 g/mol. The number of aromatic hydroxyl groups is 1. The van der Waals surface area contributed by atoms with Crippen LogP contribution < -0.4 is 0 Å². The molecule has 1 aromatic carbocycles. The van der Waals surface area contributed by atoms with Crippen molar-refractivity contribution in [3.63, 3.8) is 0 Å². The first-order valence-corrected chi connectivity index (χ1v) is 6.25. The van der Waals surface area contributed by atoms with E-state index in [1.807, 2.05) is 6.92 Å². The van der Waals surface area contributed by atoms with Crippen LogP contribution in [0.25, 0.3) is 0 Å². The fraction of sp³-hybridized carbons (Fsp3) is 0.429. The minimum atomic E-state index is -0.470. The summed E-state index contributed by atoms with van der Waals surface area (Å²) in [6, 6.07) is 5.79. The molecule has 0 aliphatic rings. The second kappa shape index (κ2) is 8.13. The van der Waals surface area contributed by atoms with Crippen molar-refractivity contribution in [2.75, 3.05) is 13.2 Å². The van der Waals surface area contributed by atoms with Crippen molar-refractivity contribution >= 4 is 11.9 Å². The molecule has 5 heteroatoms. The van der Waals surface area contributed by atoms with Gasteiger partial charge in [0.25, 0.3) is 0 Å². The van der Waals surface area contributed by atoms with E-state index in [0.717, 1.165) is 6.42 Å². The topological polar surface area (TPSA) is 72.8 Å². The van der Waals surface area contributed by atoms with Gasteiger partial charge < -0.3 is 14.6 Å². The van der Waals surface area contributed by atoms with Crippen LogP contribution in [0.4, 0.5) is 0 Å². The number of ether oxygens (including phenoxy) is 2. The Morgan fingerprint density at radius 2 is 1.79 bits per heavy atom. The molecule has 0 radical (unpaired) electrons. The Bertz CT molecular complexity index is 410.